The average Bonchev–Trinajstić information content (AvgIpc) is 3.15. The molecular formula is C21H27N3O3. The average molecular weight is 369 g/mol. The van der Waals surface area contributed by atoms with Gasteiger partial charge in [0.1, 0.15) is 11.5 Å². The molecule has 0 amide bonds. The van der Waals surface area contributed by atoms with E-state index in [2.05, 4.69) is 27.9 Å². The highest BCUT2D eigenvalue weighted by Crippen LogP contribution is 2.36. The Kier molecular flexibility index (Phi) is 5.07. The van der Waals surface area contributed by atoms with E-state index in [9.17, 15) is 5.11 Å². The van der Waals surface area contributed by atoms with E-state index >= 15 is 0 Å². The van der Waals surface area contributed by atoms with E-state index in [0.29, 0.717) is 18.6 Å². The molecule has 2 aromatic rings. The van der Waals surface area contributed by atoms with Crippen LogP contribution < -0.4 is 9.64 Å². The summed E-state index contributed by atoms with van der Waals surface area (Å²) in [5.41, 5.74) is 1.95. The van der Waals surface area contributed by atoms with Crippen molar-refractivity contribution in [3.05, 3.63) is 42.4 Å². The van der Waals surface area contributed by atoms with Crippen LogP contribution >= 0.6 is 0 Å². The fourth-order valence-electron chi connectivity index (χ4n) is 4.05. The van der Waals surface area contributed by atoms with Gasteiger partial charge in [-0.1, -0.05) is 6.08 Å². The van der Waals surface area contributed by atoms with E-state index in [1.54, 1.807) is 14.2 Å². The van der Waals surface area contributed by atoms with E-state index in [1.807, 2.05) is 18.3 Å². The number of aromatic nitrogens is 2. The van der Waals surface area contributed by atoms with Crippen LogP contribution in [0.15, 0.2) is 42.4 Å². The van der Waals surface area contributed by atoms with Gasteiger partial charge in [-0.25, -0.2) is 0 Å². The number of aliphatic hydroxyl groups excluding tert-OH is 1. The SMILES string of the molecule is COC1=CN(c2cc3cn(C4CCC(CO)CC4)nc3cc2OC)CC=C1. The van der Waals surface area contributed by atoms with Crippen LogP contribution in [0.1, 0.15) is 31.7 Å². The van der Waals surface area contributed by atoms with Gasteiger partial charge in [-0.15, -0.1) is 0 Å². The minimum Gasteiger partial charge on any atom is -0.495 e. The highest BCUT2D eigenvalue weighted by Gasteiger charge is 2.23. The van der Waals surface area contributed by atoms with Crippen molar-refractivity contribution in [1.82, 2.24) is 9.78 Å². The standard InChI is InChI=1S/C21H27N3O3/c1-26-18-4-3-9-23(13-18)20-10-16-12-24(22-19(16)11-21(20)27-2)17-7-5-15(14-25)6-8-17/h3-4,10-13,15,17,25H,5-9,14H2,1-2H3. The van der Waals surface area contributed by atoms with Gasteiger partial charge in [0, 0.05) is 37.0 Å². The van der Waals surface area contributed by atoms with Crippen molar-refractivity contribution in [2.75, 3.05) is 32.3 Å². The van der Waals surface area contributed by atoms with E-state index in [0.717, 1.165) is 60.3 Å². The molecule has 1 fully saturated rings. The molecule has 1 aliphatic heterocycles. The summed E-state index contributed by atoms with van der Waals surface area (Å²) in [5.74, 6) is 2.07. The Bertz CT molecular complexity index is 863. The van der Waals surface area contributed by atoms with Gasteiger partial charge in [0.25, 0.3) is 0 Å². The molecule has 1 saturated carbocycles. The molecule has 0 unspecified atom stereocenters. The molecule has 1 aliphatic carbocycles. The summed E-state index contributed by atoms with van der Waals surface area (Å²) in [5, 5.41) is 15.3. The molecule has 0 atom stereocenters. The quantitative estimate of drug-likeness (QED) is 0.872. The van der Waals surface area contributed by atoms with Crippen molar-refractivity contribution in [2.45, 2.75) is 31.7 Å². The van der Waals surface area contributed by atoms with E-state index in [1.165, 1.54) is 0 Å². The third-order valence-electron chi connectivity index (χ3n) is 5.68. The van der Waals surface area contributed by atoms with Crippen molar-refractivity contribution in [3.63, 3.8) is 0 Å². The van der Waals surface area contributed by atoms with Crippen LogP contribution in [0.3, 0.4) is 0 Å². The molecule has 2 heterocycles. The molecule has 0 bridgehead atoms. The van der Waals surface area contributed by atoms with Gasteiger partial charge in [-0.2, -0.15) is 5.10 Å². The van der Waals surface area contributed by atoms with Gasteiger partial charge in [-0.3, -0.25) is 4.68 Å². The third kappa shape index (κ3) is 3.54. The second-order valence-corrected chi connectivity index (χ2v) is 7.34. The maximum Gasteiger partial charge on any atom is 0.144 e. The van der Waals surface area contributed by atoms with E-state index in [-0.39, 0.29) is 0 Å². The summed E-state index contributed by atoms with van der Waals surface area (Å²) in [6.45, 7) is 1.07. The summed E-state index contributed by atoms with van der Waals surface area (Å²) < 4.78 is 13.1. The van der Waals surface area contributed by atoms with Crippen molar-refractivity contribution in [2.24, 2.45) is 5.92 Å². The fraction of sp³-hybridized carbons (Fsp3) is 0.476. The van der Waals surface area contributed by atoms with Gasteiger partial charge >= 0.3 is 0 Å². The Morgan fingerprint density at radius 2 is 1.96 bits per heavy atom. The number of ether oxygens (including phenoxy) is 2. The highest BCUT2D eigenvalue weighted by atomic mass is 16.5. The van der Waals surface area contributed by atoms with Crippen LogP contribution in [0.25, 0.3) is 10.9 Å². The van der Waals surface area contributed by atoms with Gasteiger partial charge in [-0.05, 0) is 43.7 Å². The van der Waals surface area contributed by atoms with Crippen molar-refractivity contribution >= 4 is 16.6 Å². The molecule has 2 aliphatic rings. The highest BCUT2D eigenvalue weighted by molar-refractivity contribution is 5.86. The minimum absolute atomic E-state index is 0.301. The predicted molar refractivity (Wildman–Crippen MR) is 106 cm³/mol. The number of anilines is 1. The first-order valence-electron chi connectivity index (χ1n) is 9.58. The molecule has 0 spiro atoms. The molecular weight excluding hydrogens is 342 g/mol. The van der Waals surface area contributed by atoms with Crippen LogP contribution in [0, 0.1) is 5.92 Å². The summed E-state index contributed by atoms with van der Waals surface area (Å²) >= 11 is 0. The minimum atomic E-state index is 0.301. The molecule has 0 radical (unpaired) electrons. The van der Waals surface area contributed by atoms with Gasteiger partial charge in [0.15, 0.2) is 0 Å². The van der Waals surface area contributed by atoms with Crippen LogP contribution in [-0.2, 0) is 4.74 Å². The monoisotopic (exact) mass is 369 g/mol. The number of hydrogen-bond donors (Lipinski definition) is 1. The summed E-state index contributed by atoms with van der Waals surface area (Å²) in [6, 6.07) is 4.56. The lowest BCUT2D eigenvalue weighted by Crippen LogP contribution is -2.20. The number of fused-ring (bicyclic) bond motifs is 1. The Balaban J connectivity index is 1.64. The van der Waals surface area contributed by atoms with Crippen LogP contribution in [0.2, 0.25) is 0 Å². The topological polar surface area (TPSA) is 59.8 Å². The summed E-state index contributed by atoms with van der Waals surface area (Å²) in [6.07, 6.45) is 12.5. The molecule has 0 saturated heterocycles. The first-order valence-corrected chi connectivity index (χ1v) is 9.58. The summed E-state index contributed by atoms with van der Waals surface area (Å²) in [7, 11) is 3.37. The number of nitrogens with zero attached hydrogens (tertiary/aromatic N) is 3. The van der Waals surface area contributed by atoms with E-state index in [4.69, 9.17) is 14.6 Å². The van der Waals surface area contributed by atoms with Crippen LogP contribution in [0.5, 0.6) is 5.75 Å². The smallest absolute Gasteiger partial charge is 0.144 e. The normalized spacial score (nSPS) is 22.8. The zero-order valence-corrected chi connectivity index (χ0v) is 16.0. The third-order valence-corrected chi connectivity index (χ3v) is 5.68. The van der Waals surface area contributed by atoms with Crippen molar-refractivity contribution in [3.8, 4) is 5.75 Å². The lowest BCUT2D eigenvalue weighted by atomic mass is 9.87. The Hall–Kier alpha value is -2.47. The summed E-state index contributed by atoms with van der Waals surface area (Å²) in [4.78, 5) is 2.13. The molecule has 6 nitrogen and oxygen atoms in total. The van der Waals surface area contributed by atoms with Gasteiger partial charge in [0.05, 0.1) is 31.5 Å². The van der Waals surface area contributed by atoms with Crippen LogP contribution in [0.4, 0.5) is 5.69 Å². The zero-order valence-electron chi connectivity index (χ0n) is 16.0. The molecule has 6 heteroatoms. The zero-order chi connectivity index (χ0) is 18.8. The number of hydrogen-bond acceptors (Lipinski definition) is 5. The molecule has 1 aromatic carbocycles. The van der Waals surface area contributed by atoms with Gasteiger partial charge in [0.2, 0.25) is 0 Å². The Labute approximate surface area is 159 Å². The molecule has 27 heavy (non-hydrogen) atoms. The molecule has 1 N–H and O–H groups in total. The number of allylic oxidation sites excluding steroid dienone is 1. The molecule has 1 aromatic heterocycles. The first-order chi connectivity index (χ1) is 13.2. The Morgan fingerprint density at radius 3 is 2.67 bits per heavy atom. The maximum absolute atomic E-state index is 9.35. The first kappa shape index (κ1) is 17.9. The molecule has 4 rings (SSSR count). The number of aliphatic hydroxyl groups is 1. The lowest BCUT2D eigenvalue weighted by molar-refractivity contribution is 0.165. The van der Waals surface area contributed by atoms with Crippen molar-refractivity contribution in [1.29, 1.82) is 0 Å². The fourth-order valence-corrected chi connectivity index (χ4v) is 4.05. The second-order valence-electron chi connectivity index (χ2n) is 7.34. The Morgan fingerprint density at radius 1 is 1.15 bits per heavy atom. The number of rotatable bonds is 5. The van der Waals surface area contributed by atoms with Crippen LogP contribution in [-0.4, -0.2) is 42.3 Å². The second kappa shape index (κ2) is 7.64. The number of methoxy groups -OCH3 is 2. The predicted octanol–water partition coefficient (Wildman–Crippen LogP) is 3.63. The van der Waals surface area contributed by atoms with E-state index < -0.39 is 0 Å². The lowest BCUT2D eigenvalue weighted by Gasteiger charge is -2.27. The largest absolute Gasteiger partial charge is 0.495 e. The van der Waals surface area contributed by atoms with Gasteiger partial charge < -0.3 is 19.5 Å². The number of benzene rings is 1. The molecule has 144 valence electrons. The maximum atomic E-state index is 9.35. The van der Waals surface area contributed by atoms with Crippen molar-refractivity contribution < 1.29 is 14.6 Å².